The molecule has 0 bridgehead atoms. The molecule has 2 heterocycles. The van der Waals surface area contributed by atoms with Gasteiger partial charge >= 0.3 is 0 Å². The number of fused-ring (bicyclic) bond motifs is 1. The molecule has 108 valence electrons. The zero-order valence-corrected chi connectivity index (χ0v) is 13.1. The summed E-state index contributed by atoms with van der Waals surface area (Å²) in [4.78, 5) is 7.92. The Morgan fingerprint density at radius 2 is 1.71 bits per heavy atom. The standard InChI is InChI=1S/C13H9Cl2N3O2S/c1-8-2-4-9(5-3-8)21(19,20)18-7-6-10-11(18)12(14)17-13(15)16-10/h2-7H,1H3. The predicted octanol–water partition coefficient (Wildman–Crippen LogP) is 3.28. The van der Waals surface area contributed by atoms with Crippen LogP contribution in [0.25, 0.3) is 11.0 Å². The van der Waals surface area contributed by atoms with E-state index in [4.69, 9.17) is 23.2 Å². The molecule has 0 amide bonds. The number of hydrogen-bond acceptors (Lipinski definition) is 4. The highest BCUT2D eigenvalue weighted by Crippen LogP contribution is 2.27. The third kappa shape index (κ3) is 2.39. The fraction of sp³-hybridized carbons (Fsp3) is 0.0769. The van der Waals surface area contributed by atoms with Crippen molar-refractivity contribution in [3.05, 3.63) is 52.5 Å². The number of aryl methyl sites for hydroxylation is 1. The van der Waals surface area contributed by atoms with Crippen LogP contribution in [0.5, 0.6) is 0 Å². The maximum Gasteiger partial charge on any atom is 0.268 e. The number of benzene rings is 1. The Morgan fingerprint density at radius 3 is 2.38 bits per heavy atom. The molecule has 21 heavy (non-hydrogen) atoms. The summed E-state index contributed by atoms with van der Waals surface area (Å²) in [6, 6.07) is 8.07. The van der Waals surface area contributed by atoms with Gasteiger partial charge in [-0.1, -0.05) is 29.3 Å². The van der Waals surface area contributed by atoms with Gasteiger partial charge in [-0.15, -0.1) is 0 Å². The average Bonchev–Trinajstić information content (AvgIpc) is 2.83. The minimum Gasteiger partial charge on any atom is -0.236 e. The molecule has 5 nitrogen and oxygen atoms in total. The van der Waals surface area contributed by atoms with Gasteiger partial charge < -0.3 is 0 Å². The van der Waals surface area contributed by atoms with Crippen LogP contribution in [-0.2, 0) is 10.0 Å². The molecule has 0 fully saturated rings. The molecule has 0 aliphatic heterocycles. The number of halogens is 2. The third-order valence-electron chi connectivity index (χ3n) is 3.01. The first-order valence-corrected chi connectivity index (χ1v) is 8.11. The van der Waals surface area contributed by atoms with Crippen molar-refractivity contribution >= 4 is 44.3 Å². The summed E-state index contributed by atoms with van der Waals surface area (Å²) in [7, 11) is -3.77. The van der Waals surface area contributed by atoms with E-state index in [0.717, 1.165) is 9.54 Å². The van der Waals surface area contributed by atoms with Gasteiger partial charge in [-0.05, 0) is 36.7 Å². The molecule has 0 saturated heterocycles. The fourth-order valence-corrected chi connectivity index (χ4v) is 3.86. The van der Waals surface area contributed by atoms with Crippen LogP contribution in [0.3, 0.4) is 0 Å². The van der Waals surface area contributed by atoms with Crippen LogP contribution in [0.15, 0.2) is 41.4 Å². The Balaban J connectivity index is 2.27. The van der Waals surface area contributed by atoms with Gasteiger partial charge in [-0.2, -0.15) is 0 Å². The molecule has 1 aromatic carbocycles. The molecule has 3 aromatic rings. The van der Waals surface area contributed by atoms with Crippen LogP contribution in [-0.4, -0.2) is 22.4 Å². The van der Waals surface area contributed by atoms with Crippen LogP contribution in [0.4, 0.5) is 0 Å². The number of aromatic nitrogens is 3. The summed E-state index contributed by atoms with van der Waals surface area (Å²) in [5.41, 5.74) is 1.55. The van der Waals surface area contributed by atoms with Gasteiger partial charge in [0.1, 0.15) is 5.52 Å². The van der Waals surface area contributed by atoms with Crippen molar-refractivity contribution in [3.8, 4) is 0 Å². The first-order valence-electron chi connectivity index (χ1n) is 5.92. The lowest BCUT2D eigenvalue weighted by Crippen LogP contribution is -2.12. The van der Waals surface area contributed by atoms with Crippen molar-refractivity contribution in [1.82, 2.24) is 13.9 Å². The normalized spacial score (nSPS) is 12.0. The number of hydrogen-bond donors (Lipinski definition) is 0. The van der Waals surface area contributed by atoms with E-state index < -0.39 is 10.0 Å². The maximum absolute atomic E-state index is 12.7. The molecule has 0 saturated carbocycles. The molecule has 3 rings (SSSR count). The molecule has 8 heteroatoms. The minimum absolute atomic E-state index is 0.00862. The minimum atomic E-state index is -3.77. The number of nitrogens with zero attached hydrogens (tertiary/aromatic N) is 3. The van der Waals surface area contributed by atoms with E-state index >= 15 is 0 Å². The van der Waals surface area contributed by atoms with Crippen molar-refractivity contribution in [1.29, 1.82) is 0 Å². The van der Waals surface area contributed by atoms with E-state index in [1.807, 2.05) is 6.92 Å². The molecule has 0 radical (unpaired) electrons. The highest BCUT2D eigenvalue weighted by Gasteiger charge is 2.21. The SMILES string of the molecule is Cc1ccc(S(=O)(=O)n2ccc3nc(Cl)nc(Cl)c32)cc1. The molecular formula is C13H9Cl2N3O2S. The van der Waals surface area contributed by atoms with Crippen molar-refractivity contribution < 1.29 is 8.42 Å². The highest BCUT2D eigenvalue weighted by atomic mass is 35.5. The van der Waals surface area contributed by atoms with E-state index in [2.05, 4.69) is 9.97 Å². The van der Waals surface area contributed by atoms with Crippen molar-refractivity contribution in [2.24, 2.45) is 0 Å². The smallest absolute Gasteiger partial charge is 0.236 e. The summed E-state index contributed by atoms with van der Waals surface area (Å²) >= 11 is 11.7. The molecule has 0 spiro atoms. The van der Waals surface area contributed by atoms with E-state index in [0.29, 0.717) is 5.52 Å². The monoisotopic (exact) mass is 341 g/mol. The summed E-state index contributed by atoms with van der Waals surface area (Å²) in [5.74, 6) is 0. The number of rotatable bonds is 2. The molecule has 0 atom stereocenters. The van der Waals surface area contributed by atoms with Crippen LogP contribution >= 0.6 is 23.2 Å². The second-order valence-electron chi connectivity index (χ2n) is 4.45. The van der Waals surface area contributed by atoms with E-state index in [1.54, 1.807) is 24.3 Å². The van der Waals surface area contributed by atoms with Crippen LogP contribution in [0.1, 0.15) is 5.56 Å². The third-order valence-corrected chi connectivity index (χ3v) is 5.13. The summed E-state index contributed by atoms with van der Waals surface area (Å²) in [5, 5.41) is -0.0383. The Morgan fingerprint density at radius 1 is 1.05 bits per heavy atom. The largest absolute Gasteiger partial charge is 0.268 e. The highest BCUT2D eigenvalue weighted by molar-refractivity contribution is 7.90. The molecule has 2 aromatic heterocycles. The van der Waals surface area contributed by atoms with Crippen molar-refractivity contribution in [2.45, 2.75) is 11.8 Å². The van der Waals surface area contributed by atoms with Crippen LogP contribution < -0.4 is 0 Å². The Labute approximate surface area is 131 Å². The molecule has 0 aliphatic rings. The van der Waals surface area contributed by atoms with Gasteiger partial charge in [0.15, 0.2) is 5.15 Å². The Kier molecular flexibility index (Phi) is 3.39. The summed E-state index contributed by atoms with van der Waals surface area (Å²) in [6.07, 6.45) is 1.39. The summed E-state index contributed by atoms with van der Waals surface area (Å²) in [6.45, 7) is 1.88. The first-order chi connectivity index (χ1) is 9.89. The van der Waals surface area contributed by atoms with Gasteiger partial charge in [-0.25, -0.2) is 22.4 Å². The van der Waals surface area contributed by atoms with Crippen molar-refractivity contribution in [3.63, 3.8) is 0 Å². The van der Waals surface area contributed by atoms with Crippen LogP contribution in [0, 0.1) is 6.92 Å². The molecule has 0 N–H and O–H groups in total. The lowest BCUT2D eigenvalue weighted by Gasteiger charge is -2.08. The van der Waals surface area contributed by atoms with Gasteiger partial charge in [-0.3, -0.25) is 0 Å². The lowest BCUT2D eigenvalue weighted by atomic mass is 10.2. The molecular weight excluding hydrogens is 333 g/mol. The second kappa shape index (κ2) is 4.98. The molecule has 0 unspecified atom stereocenters. The van der Waals surface area contributed by atoms with Gasteiger partial charge in [0.05, 0.1) is 10.4 Å². The zero-order chi connectivity index (χ0) is 15.2. The Bertz CT molecular complexity index is 934. The molecule has 0 aliphatic carbocycles. The zero-order valence-electron chi connectivity index (χ0n) is 10.8. The topological polar surface area (TPSA) is 64.8 Å². The van der Waals surface area contributed by atoms with E-state index in [9.17, 15) is 8.42 Å². The maximum atomic E-state index is 12.7. The fourth-order valence-electron chi connectivity index (χ4n) is 1.97. The second-order valence-corrected chi connectivity index (χ2v) is 6.96. The summed E-state index contributed by atoms with van der Waals surface area (Å²) < 4.78 is 26.4. The van der Waals surface area contributed by atoms with Gasteiger partial charge in [0.25, 0.3) is 10.0 Å². The Hall–Kier alpha value is -1.63. The average molecular weight is 342 g/mol. The first kappa shape index (κ1) is 14.3. The van der Waals surface area contributed by atoms with Gasteiger partial charge in [0.2, 0.25) is 5.28 Å². The quantitative estimate of drug-likeness (QED) is 0.530. The van der Waals surface area contributed by atoms with E-state index in [1.165, 1.54) is 12.3 Å². The van der Waals surface area contributed by atoms with Gasteiger partial charge in [0, 0.05) is 6.20 Å². The van der Waals surface area contributed by atoms with Crippen LogP contribution in [0.2, 0.25) is 10.4 Å². The van der Waals surface area contributed by atoms with E-state index in [-0.39, 0.29) is 20.8 Å². The lowest BCUT2D eigenvalue weighted by molar-refractivity contribution is 0.589. The van der Waals surface area contributed by atoms with Crippen molar-refractivity contribution in [2.75, 3.05) is 0 Å². The predicted molar refractivity (Wildman–Crippen MR) is 81.3 cm³/mol.